The number of ether oxygens (including phenoxy) is 3. The molecule has 15 rings (SSSR count). The average molecular weight is 1300 g/mol. The Balaban J connectivity index is 0.000000131. The lowest BCUT2D eigenvalue weighted by Crippen LogP contribution is -2.57. The molecule has 24 atom stereocenters. The normalized spacial score (nSPS) is 46.4. The quantitative estimate of drug-likeness (QED) is 0.0932. The van der Waals surface area contributed by atoms with E-state index in [0.29, 0.717) is 95.0 Å². The van der Waals surface area contributed by atoms with Crippen LogP contribution < -0.4 is 9.47 Å². The van der Waals surface area contributed by atoms with Crippen LogP contribution in [-0.2, 0) is 30.4 Å². The van der Waals surface area contributed by atoms with Crippen LogP contribution in [0.3, 0.4) is 0 Å². The summed E-state index contributed by atoms with van der Waals surface area (Å²) in [7, 11) is 3.39. The van der Waals surface area contributed by atoms with Crippen molar-refractivity contribution in [2.24, 2.45) is 121 Å². The van der Waals surface area contributed by atoms with Crippen molar-refractivity contribution in [2.45, 2.75) is 245 Å². The molecule has 14 heteroatoms. The number of rotatable bonds is 13. The first kappa shape index (κ1) is 68.7. The zero-order valence-electron chi connectivity index (χ0n) is 59.0. The number of pyridine rings is 1. The van der Waals surface area contributed by atoms with Crippen molar-refractivity contribution in [1.82, 2.24) is 9.55 Å². The van der Waals surface area contributed by atoms with Gasteiger partial charge in [-0.05, 0) is 302 Å². The topological polar surface area (TPSA) is 205 Å². The van der Waals surface area contributed by atoms with Gasteiger partial charge in [-0.2, -0.15) is 4.73 Å². The molecule has 12 aliphatic carbocycles. The highest BCUT2D eigenvalue weighted by atomic mass is 16.5. The highest BCUT2D eigenvalue weighted by molar-refractivity contribution is 5.84. The molecule has 0 bridgehead atoms. The van der Waals surface area contributed by atoms with E-state index in [-0.39, 0.29) is 64.2 Å². The predicted molar refractivity (Wildman–Crippen MR) is 363 cm³/mol. The molecule has 0 saturated heterocycles. The fourth-order valence-corrected chi connectivity index (χ4v) is 26.7. The maximum Gasteiger partial charge on any atom is 0.227 e. The predicted octanol–water partition coefficient (Wildman–Crippen LogP) is 13.9. The van der Waals surface area contributed by atoms with Crippen molar-refractivity contribution in [2.75, 3.05) is 40.6 Å². The molecule has 12 fully saturated rings. The molecule has 12 aliphatic rings. The number of aromatic nitrogens is 3. The van der Waals surface area contributed by atoms with Gasteiger partial charge in [0, 0.05) is 55.8 Å². The third-order valence-corrected chi connectivity index (χ3v) is 31.8. The Kier molecular flexibility index (Phi) is 18.8. The van der Waals surface area contributed by atoms with Crippen LogP contribution in [0.25, 0.3) is 10.9 Å². The third kappa shape index (κ3) is 11.9. The van der Waals surface area contributed by atoms with E-state index in [2.05, 4.69) is 46.5 Å². The lowest BCUT2D eigenvalue weighted by Gasteiger charge is -2.62. The molecule has 0 radical (unpaired) electrons. The van der Waals surface area contributed by atoms with Gasteiger partial charge in [0.15, 0.2) is 23.5 Å². The summed E-state index contributed by atoms with van der Waals surface area (Å²) >= 11 is 0. The zero-order valence-corrected chi connectivity index (χ0v) is 59.0. The summed E-state index contributed by atoms with van der Waals surface area (Å²) in [6.07, 6.45) is 36.7. The minimum Gasteiger partial charge on any atom is -0.618 e. The van der Waals surface area contributed by atoms with Crippen LogP contribution in [0.4, 0.5) is 0 Å². The van der Waals surface area contributed by atoms with E-state index in [1.807, 2.05) is 35.9 Å². The molecule has 520 valence electrons. The number of imidazole rings is 1. The first-order valence-corrected chi connectivity index (χ1v) is 37.7. The molecule has 0 unspecified atom stereocenters. The molecule has 0 aliphatic heterocycles. The second kappa shape index (κ2) is 25.7. The van der Waals surface area contributed by atoms with Gasteiger partial charge in [0.1, 0.15) is 19.0 Å². The maximum atomic E-state index is 13.6. The zero-order chi connectivity index (χ0) is 66.6. The minimum atomic E-state index is -0.668. The number of carbonyl (C=O) groups excluding carboxylic acids is 3. The van der Waals surface area contributed by atoms with Crippen molar-refractivity contribution in [3.05, 3.63) is 60.5 Å². The van der Waals surface area contributed by atoms with Crippen LogP contribution in [0, 0.1) is 126 Å². The second-order valence-electron chi connectivity index (χ2n) is 36.1. The van der Waals surface area contributed by atoms with E-state index >= 15 is 0 Å². The molecule has 94 heavy (non-hydrogen) atoms. The van der Waals surface area contributed by atoms with E-state index in [9.17, 15) is 40.0 Å². The molecular weight excluding hydrogens is 1180 g/mol. The summed E-state index contributed by atoms with van der Waals surface area (Å²) in [5.74, 6) is 9.73. The Hall–Kier alpha value is -3.79. The van der Waals surface area contributed by atoms with Gasteiger partial charge in [-0.1, -0.05) is 41.5 Å². The highest BCUT2D eigenvalue weighted by Crippen LogP contribution is 2.72. The molecule has 2 heterocycles. The molecule has 4 N–H and O–H groups in total. The number of aliphatic hydroxyl groups excluding tert-OH is 1. The minimum absolute atomic E-state index is 0.0394. The van der Waals surface area contributed by atoms with Crippen molar-refractivity contribution < 1.29 is 53.8 Å². The van der Waals surface area contributed by atoms with Crippen LogP contribution in [0.15, 0.2) is 55.2 Å². The Morgan fingerprint density at radius 3 is 1.47 bits per heavy atom. The van der Waals surface area contributed by atoms with E-state index in [1.165, 1.54) is 83.2 Å². The largest absolute Gasteiger partial charge is 0.618 e. The number of aliphatic hydroxyl groups is 4. The van der Waals surface area contributed by atoms with Crippen LogP contribution in [-0.4, -0.2) is 105 Å². The number of Topliss-reactive ketones (excluding diaryl/α,β-unsaturated/α-hetero) is 3. The smallest absolute Gasteiger partial charge is 0.227 e. The molecule has 1 aromatic carbocycles. The summed E-state index contributed by atoms with van der Waals surface area (Å²) in [6, 6.07) is 9.08. The summed E-state index contributed by atoms with van der Waals surface area (Å²) in [6.45, 7) is 17.9. The Bertz CT molecular complexity index is 3230. The molecular formula is C80H119N3O11. The number of fused-ring (bicyclic) bond motifs is 16. The Morgan fingerprint density at radius 1 is 0.543 bits per heavy atom. The van der Waals surface area contributed by atoms with Gasteiger partial charge in [-0.15, -0.1) is 0 Å². The first-order valence-electron chi connectivity index (χ1n) is 37.7. The summed E-state index contributed by atoms with van der Waals surface area (Å²) in [5.41, 5.74) is 0.0999. The van der Waals surface area contributed by atoms with Crippen LogP contribution in [0.2, 0.25) is 0 Å². The summed E-state index contributed by atoms with van der Waals surface area (Å²) in [4.78, 5) is 43.3. The van der Waals surface area contributed by atoms with Gasteiger partial charge in [-0.25, -0.2) is 4.98 Å². The van der Waals surface area contributed by atoms with Crippen LogP contribution >= 0.6 is 0 Å². The fourth-order valence-electron chi connectivity index (χ4n) is 26.7. The molecule has 0 amide bonds. The molecule has 12 saturated carbocycles. The van der Waals surface area contributed by atoms with Gasteiger partial charge < -0.3 is 44.4 Å². The van der Waals surface area contributed by atoms with E-state index in [0.717, 1.165) is 130 Å². The fraction of sp³-hybridized carbons (Fsp3) is 0.812. The maximum absolute atomic E-state index is 13.6. The van der Waals surface area contributed by atoms with Crippen molar-refractivity contribution in [3.8, 4) is 5.75 Å². The average Bonchev–Trinajstić information content (AvgIpc) is 1.39. The summed E-state index contributed by atoms with van der Waals surface area (Å²) in [5, 5.41) is 55.1. The Labute approximate surface area is 562 Å². The number of hydrogen-bond donors (Lipinski definition) is 4. The Morgan fingerprint density at radius 2 is 1.00 bits per heavy atom. The summed E-state index contributed by atoms with van der Waals surface area (Å²) < 4.78 is 19.5. The SMILES string of the molecule is COC[C@@]1(O)CC[C@@]2(C)[C@@H](CC[C@@H]3[C@@H]2CC[C@]2(C)[C@@H](C(=O)COc4ccc5ccc[n+]([O-])c5c4)CC[C@@H]32)C1.COC[C@@]1(O)CC[C@@]2(C)[C@@H](CC[C@@H]3[C@@H]2CC[C@]2(C)[C@@H](C(=O)Cn4ccnc4)CC[C@@H]32)C1.C[C@@]1(O)CC[C@@]2(C)[C@H](CC[C@@H]3[C@@H]2CC[C@]2(C)[C@@H](C(=O)CO)CC[C@@H]32)C1. The van der Waals surface area contributed by atoms with Gasteiger partial charge in [0.25, 0.3) is 0 Å². The number of methoxy groups -OCH3 is 2. The lowest BCUT2D eigenvalue weighted by atomic mass is 9.44. The van der Waals surface area contributed by atoms with Gasteiger partial charge in [0.2, 0.25) is 5.52 Å². The monoisotopic (exact) mass is 1300 g/mol. The van der Waals surface area contributed by atoms with E-state index < -0.39 is 16.8 Å². The molecule has 14 nitrogen and oxygen atoms in total. The number of hydrogen-bond acceptors (Lipinski definition) is 12. The number of carbonyl (C=O) groups is 3. The number of ketones is 3. The van der Waals surface area contributed by atoms with E-state index in [1.54, 1.807) is 38.9 Å². The van der Waals surface area contributed by atoms with Crippen LogP contribution in [0.5, 0.6) is 5.75 Å². The molecule has 0 spiro atoms. The van der Waals surface area contributed by atoms with Crippen molar-refractivity contribution in [1.29, 1.82) is 0 Å². The number of benzene rings is 1. The van der Waals surface area contributed by atoms with Gasteiger partial charge >= 0.3 is 0 Å². The standard InChI is InChI=1S/C32H43NO5.C26H40N2O3.C22H36O3/c1-30-14-15-32(35,20-37-3)18-22(30)7-9-24-25-10-11-27(31(25,2)13-12-26(24)30)29(34)19-38-23-8-6-21-5-4-16-33(36)28(21)17-23;1-24-10-11-26(30,16-31-3)14-18(24)4-5-19-20-6-7-22(25(20,2)9-8-21(19)24)23(29)15-28-13-12-27-17-28;1-20(25)10-11-21(2)14(12-20)4-5-15-16-6-7-18(19(24)13-23)22(16,3)9-8-17(15)21/h4-6,8,16-17,22,24-27,35H,7,9-15,18-20H2,1-3H3;12-13,17-22,30H,4-11,14-16H2,1-3H3;14-18,23,25H,4-13H2,1-3H3/t22-,24-,25-,26-,27+,30-,31-,32+;18-,19-,20-,21-,22+,24-,25-,26+;14-,15+,16+,17+,18-,20-,21+,22+/m001/s1. The second-order valence-corrected chi connectivity index (χ2v) is 36.1. The van der Waals surface area contributed by atoms with Gasteiger partial charge in [-0.3, -0.25) is 14.4 Å². The van der Waals surface area contributed by atoms with Crippen molar-refractivity contribution in [3.63, 3.8) is 0 Å². The van der Waals surface area contributed by atoms with E-state index in [4.69, 9.17) is 14.2 Å². The molecule has 3 aromatic rings. The molecule has 2 aromatic heterocycles. The lowest BCUT2D eigenvalue weighted by molar-refractivity contribution is -0.577. The van der Waals surface area contributed by atoms with Gasteiger partial charge in [0.05, 0.1) is 49.0 Å². The highest BCUT2D eigenvalue weighted by Gasteiger charge is 2.66. The number of nitrogens with zero attached hydrogens (tertiary/aromatic N) is 3. The van der Waals surface area contributed by atoms with Crippen molar-refractivity contribution >= 4 is 28.3 Å². The first-order chi connectivity index (χ1) is 44.7. The third-order valence-electron chi connectivity index (χ3n) is 31.8. The van der Waals surface area contributed by atoms with Crippen LogP contribution in [0.1, 0.15) is 222 Å².